The summed E-state index contributed by atoms with van der Waals surface area (Å²) in [5.41, 5.74) is 1.83. The molecule has 32 heavy (non-hydrogen) atoms. The Labute approximate surface area is 190 Å². The highest BCUT2D eigenvalue weighted by Crippen LogP contribution is 2.40. The molecule has 1 spiro atoms. The van der Waals surface area contributed by atoms with E-state index in [1.807, 2.05) is 27.8 Å². The number of amides is 2. The molecule has 0 aliphatic carbocycles. The van der Waals surface area contributed by atoms with Crippen LogP contribution in [0.1, 0.15) is 50.1 Å². The van der Waals surface area contributed by atoms with Crippen LogP contribution in [-0.2, 0) is 32.9 Å². The summed E-state index contributed by atoms with van der Waals surface area (Å²) >= 11 is 0. The van der Waals surface area contributed by atoms with Crippen LogP contribution in [0.25, 0.3) is 0 Å². The lowest BCUT2D eigenvalue weighted by Gasteiger charge is -2.45. The summed E-state index contributed by atoms with van der Waals surface area (Å²) < 4.78 is 8.47. The van der Waals surface area contributed by atoms with Gasteiger partial charge in [0.1, 0.15) is 11.4 Å². The van der Waals surface area contributed by atoms with E-state index < -0.39 is 11.7 Å². The van der Waals surface area contributed by atoms with Crippen molar-refractivity contribution >= 4 is 11.8 Å². The van der Waals surface area contributed by atoms with Crippen molar-refractivity contribution in [1.29, 1.82) is 0 Å². The average Bonchev–Trinajstić information content (AvgIpc) is 3.27. The van der Waals surface area contributed by atoms with Gasteiger partial charge in [-0.25, -0.2) is 4.98 Å². The molecule has 1 aromatic heterocycles. The van der Waals surface area contributed by atoms with Crippen LogP contribution in [0.3, 0.4) is 0 Å². The zero-order valence-electron chi connectivity index (χ0n) is 19.3. The quantitative estimate of drug-likeness (QED) is 0.753. The van der Waals surface area contributed by atoms with Crippen LogP contribution in [0, 0.1) is 12.8 Å². The summed E-state index contributed by atoms with van der Waals surface area (Å²) in [4.78, 5) is 32.1. The van der Waals surface area contributed by atoms with E-state index in [4.69, 9.17) is 4.74 Å². The van der Waals surface area contributed by atoms with Gasteiger partial charge in [-0.05, 0) is 30.4 Å². The Balaban J connectivity index is 1.39. The van der Waals surface area contributed by atoms with Gasteiger partial charge in [0.15, 0.2) is 6.10 Å². The lowest BCUT2D eigenvalue weighted by Crippen LogP contribution is -2.55. The van der Waals surface area contributed by atoms with Gasteiger partial charge in [0.2, 0.25) is 5.91 Å². The van der Waals surface area contributed by atoms with Gasteiger partial charge in [-0.15, -0.1) is 0 Å². The highest BCUT2D eigenvalue weighted by atomic mass is 16.5. The van der Waals surface area contributed by atoms with E-state index in [0.29, 0.717) is 51.4 Å². The SMILES string of the molecule is Cc1ccccc1CCC(=O)N1CCC2(CC1)O[C@@H](C(=O)NCC(C)C)Cn1ccnc12. The first-order chi connectivity index (χ1) is 15.4. The van der Waals surface area contributed by atoms with Crippen molar-refractivity contribution in [3.05, 3.63) is 53.6 Å². The number of rotatable bonds is 6. The third-order valence-corrected chi connectivity index (χ3v) is 6.62. The van der Waals surface area contributed by atoms with Crippen molar-refractivity contribution in [3.63, 3.8) is 0 Å². The minimum atomic E-state index is -0.617. The number of nitrogens with one attached hydrogen (secondary N) is 1. The first-order valence-corrected chi connectivity index (χ1v) is 11.7. The Hall–Kier alpha value is -2.67. The Bertz CT molecular complexity index is 960. The maximum atomic E-state index is 12.9. The molecule has 4 rings (SSSR count). The molecule has 3 heterocycles. The summed E-state index contributed by atoms with van der Waals surface area (Å²) in [7, 11) is 0. The third kappa shape index (κ3) is 4.72. The Morgan fingerprint density at radius 2 is 2.00 bits per heavy atom. The maximum Gasteiger partial charge on any atom is 0.251 e. The van der Waals surface area contributed by atoms with E-state index in [-0.39, 0.29) is 11.8 Å². The summed E-state index contributed by atoms with van der Waals surface area (Å²) in [5, 5.41) is 3.00. The van der Waals surface area contributed by atoms with Crippen LogP contribution in [0.4, 0.5) is 0 Å². The van der Waals surface area contributed by atoms with Crippen molar-refractivity contribution in [2.24, 2.45) is 5.92 Å². The van der Waals surface area contributed by atoms with E-state index in [1.54, 1.807) is 6.20 Å². The molecule has 2 aromatic rings. The van der Waals surface area contributed by atoms with Gasteiger partial charge in [-0.2, -0.15) is 0 Å². The molecule has 2 amide bonds. The molecule has 0 unspecified atom stereocenters. The summed E-state index contributed by atoms with van der Waals surface area (Å²) in [6.07, 6.45) is 5.71. The summed E-state index contributed by atoms with van der Waals surface area (Å²) in [5.74, 6) is 1.36. The van der Waals surface area contributed by atoms with Gasteiger partial charge in [0, 0.05) is 51.3 Å². The van der Waals surface area contributed by atoms with Gasteiger partial charge < -0.3 is 19.5 Å². The van der Waals surface area contributed by atoms with Gasteiger partial charge in [0.25, 0.3) is 5.91 Å². The second-order valence-electron chi connectivity index (χ2n) is 9.45. The summed E-state index contributed by atoms with van der Waals surface area (Å²) in [6, 6.07) is 8.22. The minimum absolute atomic E-state index is 0.0749. The number of benzene rings is 1. The van der Waals surface area contributed by atoms with Crippen LogP contribution in [-0.4, -0.2) is 52.0 Å². The largest absolute Gasteiger partial charge is 0.354 e. The number of hydrogen-bond acceptors (Lipinski definition) is 4. The van der Waals surface area contributed by atoms with Crippen molar-refractivity contribution in [2.75, 3.05) is 19.6 Å². The second kappa shape index (κ2) is 9.45. The molecule has 1 N–H and O–H groups in total. The van der Waals surface area contributed by atoms with Crippen molar-refractivity contribution < 1.29 is 14.3 Å². The number of fused-ring (bicyclic) bond motifs is 2. The predicted molar refractivity (Wildman–Crippen MR) is 122 cm³/mol. The third-order valence-electron chi connectivity index (χ3n) is 6.62. The molecule has 1 atom stereocenters. The molecule has 0 saturated carbocycles. The Morgan fingerprint density at radius 1 is 1.25 bits per heavy atom. The number of piperidine rings is 1. The number of nitrogens with zero attached hydrogens (tertiary/aromatic N) is 3. The fourth-order valence-corrected chi connectivity index (χ4v) is 4.70. The van der Waals surface area contributed by atoms with Crippen LogP contribution in [0.15, 0.2) is 36.7 Å². The maximum absolute atomic E-state index is 12.9. The van der Waals surface area contributed by atoms with Gasteiger partial charge in [-0.1, -0.05) is 38.1 Å². The molecular formula is C25H34N4O3. The fourth-order valence-electron chi connectivity index (χ4n) is 4.70. The molecular weight excluding hydrogens is 404 g/mol. The first-order valence-electron chi connectivity index (χ1n) is 11.7. The number of carbonyl (C=O) groups is 2. The Morgan fingerprint density at radius 3 is 2.72 bits per heavy atom. The van der Waals surface area contributed by atoms with Gasteiger partial charge >= 0.3 is 0 Å². The number of ether oxygens (including phenoxy) is 1. The van der Waals surface area contributed by atoms with E-state index in [9.17, 15) is 9.59 Å². The van der Waals surface area contributed by atoms with Crippen LogP contribution >= 0.6 is 0 Å². The monoisotopic (exact) mass is 438 g/mol. The molecule has 7 heteroatoms. The molecule has 172 valence electrons. The summed E-state index contributed by atoms with van der Waals surface area (Å²) in [6.45, 7) is 8.55. The van der Waals surface area contributed by atoms with Crippen LogP contribution in [0.2, 0.25) is 0 Å². The number of aryl methyl sites for hydroxylation is 2. The second-order valence-corrected chi connectivity index (χ2v) is 9.45. The molecule has 0 bridgehead atoms. The fraction of sp³-hybridized carbons (Fsp3) is 0.560. The average molecular weight is 439 g/mol. The van der Waals surface area contributed by atoms with E-state index >= 15 is 0 Å². The number of imidazole rings is 1. The zero-order chi connectivity index (χ0) is 22.7. The van der Waals surface area contributed by atoms with Gasteiger partial charge in [-0.3, -0.25) is 9.59 Å². The van der Waals surface area contributed by atoms with Crippen molar-refractivity contribution in [2.45, 2.75) is 64.7 Å². The highest BCUT2D eigenvalue weighted by molar-refractivity contribution is 5.81. The smallest absolute Gasteiger partial charge is 0.251 e. The number of likely N-dealkylation sites (tertiary alicyclic amines) is 1. The number of aromatic nitrogens is 2. The normalized spacial score (nSPS) is 19.8. The number of hydrogen-bond donors (Lipinski definition) is 1. The molecule has 2 aliphatic heterocycles. The number of carbonyl (C=O) groups excluding carboxylic acids is 2. The van der Waals surface area contributed by atoms with E-state index in [0.717, 1.165) is 12.2 Å². The zero-order valence-corrected chi connectivity index (χ0v) is 19.3. The molecule has 1 saturated heterocycles. The molecule has 1 fully saturated rings. The minimum Gasteiger partial charge on any atom is -0.354 e. The van der Waals surface area contributed by atoms with Crippen LogP contribution in [0.5, 0.6) is 0 Å². The lowest BCUT2D eigenvalue weighted by atomic mass is 9.88. The van der Waals surface area contributed by atoms with Crippen molar-refractivity contribution in [3.8, 4) is 0 Å². The molecule has 2 aliphatic rings. The molecule has 0 radical (unpaired) electrons. The topological polar surface area (TPSA) is 76.5 Å². The van der Waals surface area contributed by atoms with Gasteiger partial charge in [0.05, 0.1) is 6.54 Å². The van der Waals surface area contributed by atoms with Crippen LogP contribution < -0.4 is 5.32 Å². The molecule has 7 nitrogen and oxygen atoms in total. The van der Waals surface area contributed by atoms with E-state index in [1.165, 1.54) is 11.1 Å². The predicted octanol–water partition coefficient (Wildman–Crippen LogP) is 2.81. The highest BCUT2D eigenvalue weighted by Gasteiger charge is 2.47. The Kier molecular flexibility index (Phi) is 6.65. The lowest BCUT2D eigenvalue weighted by molar-refractivity contribution is -0.176. The standard InChI is InChI=1S/C25H34N4O3/c1-18(2)16-27-23(31)21-17-29-15-12-26-24(29)25(32-21)10-13-28(14-11-25)22(30)9-8-20-7-5-4-6-19(20)3/h4-7,12,15,18,21H,8-11,13-14,16-17H2,1-3H3,(H,27,31)/t21-/m1/s1. The molecule has 1 aromatic carbocycles. The van der Waals surface area contributed by atoms with Crippen molar-refractivity contribution in [1.82, 2.24) is 19.8 Å². The first kappa shape index (κ1) is 22.5. The van der Waals surface area contributed by atoms with E-state index in [2.05, 4.69) is 43.2 Å².